The minimum absolute atomic E-state index is 0.0485. The second-order valence-electron chi connectivity index (χ2n) is 4.71. The molecule has 1 aromatic carbocycles. The predicted octanol–water partition coefficient (Wildman–Crippen LogP) is 1.54. The number of hydrogen-bond acceptors (Lipinski definition) is 4. The molecule has 0 radical (unpaired) electrons. The van der Waals surface area contributed by atoms with Gasteiger partial charge in [-0.05, 0) is 31.5 Å². The Bertz CT molecular complexity index is 543. The largest absolute Gasteiger partial charge is 0.392 e. The Morgan fingerprint density at radius 2 is 2.05 bits per heavy atom. The molecule has 0 aliphatic carbocycles. The van der Waals surface area contributed by atoms with E-state index in [-0.39, 0.29) is 23.1 Å². The normalized spacial score (nSPS) is 12.7. The van der Waals surface area contributed by atoms with Gasteiger partial charge < -0.3 is 9.84 Å². The summed E-state index contributed by atoms with van der Waals surface area (Å²) >= 11 is 5.89. The minimum atomic E-state index is -3.74. The molecular formula is C12H18ClNO4S. The van der Waals surface area contributed by atoms with Gasteiger partial charge in [0.15, 0.2) is 0 Å². The Balaban J connectivity index is 3.00. The zero-order chi connectivity index (χ0) is 14.7. The maximum absolute atomic E-state index is 12.2. The molecule has 0 aliphatic heterocycles. The number of halogens is 1. The Morgan fingerprint density at radius 3 is 2.58 bits per heavy atom. The number of benzene rings is 1. The van der Waals surface area contributed by atoms with Crippen molar-refractivity contribution in [3.05, 3.63) is 28.8 Å². The van der Waals surface area contributed by atoms with Crippen LogP contribution in [0.4, 0.5) is 0 Å². The van der Waals surface area contributed by atoms with Crippen LogP contribution in [-0.2, 0) is 21.4 Å². The van der Waals surface area contributed by atoms with Crippen molar-refractivity contribution in [2.24, 2.45) is 0 Å². The van der Waals surface area contributed by atoms with Gasteiger partial charge in [0.2, 0.25) is 10.0 Å². The van der Waals surface area contributed by atoms with Crippen molar-refractivity contribution in [2.45, 2.75) is 31.0 Å². The molecule has 0 bridgehead atoms. The van der Waals surface area contributed by atoms with Crippen LogP contribution in [0.15, 0.2) is 23.1 Å². The zero-order valence-electron chi connectivity index (χ0n) is 11.1. The lowest BCUT2D eigenvalue weighted by Gasteiger charge is -2.23. The Labute approximate surface area is 118 Å². The van der Waals surface area contributed by atoms with E-state index in [1.54, 1.807) is 19.9 Å². The molecule has 108 valence electrons. The van der Waals surface area contributed by atoms with E-state index in [0.29, 0.717) is 5.56 Å². The average molecular weight is 308 g/mol. The lowest BCUT2D eigenvalue weighted by molar-refractivity contribution is 0.0276. The Hall–Kier alpha value is -0.660. The number of ether oxygens (including phenoxy) is 1. The van der Waals surface area contributed by atoms with Gasteiger partial charge in [-0.1, -0.05) is 17.7 Å². The number of nitrogens with one attached hydrogen (secondary N) is 1. The fraction of sp³-hybridized carbons (Fsp3) is 0.500. The first kappa shape index (κ1) is 16.4. The molecule has 0 saturated heterocycles. The lowest BCUT2D eigenvalue weighted by Crippen LogP contribution is -2.39. The summed E-state index contributed by atoms with van der Waals surface area (Å²) in [5.41, 5.74) is -0.135. The molecule has 1 rings (SSSR count). The number of rotatable bonds is 6. The van der Waals surface area contributed by atoms with Crippen LogP contribution in [0.25, 0.3) is 0 Å². The highest BCUT2D eigenvalue weighted by molar-refractivity contribution is 7.89. The molecule has 0 atom stereocenters. The van der Waals surface area contributed by atoms with E-state index in [0.717, 1.165) is 0 Å². The summed E-state index contributed by atoms with van der Waals surface area (Å²) in [6, 6.07) is 4.37. The van der Waals surface area contributed by atoms with Gasteiger partial charge in [0.1, 0.15) is 4.90 Å². The third kappa shape index (κ3) is 4.43. The van der Waals surface area contributed by atoms with Crippen LogP contribution in [-0.4, -0.2) is 32.8 Å². The van der Waals surface area contributed by atoms with E-state index in [1.165, 1.54) is 19.2 Å². The second-order valence-corrected chi connectivity index (χ2v) is 6.85. The summed E-state index contributed by atoms with van der Waals surface area (Å²) in [5.74, 6) is 0. The van der Waals surface area contributed by atoms with Crippen molar-refractivity contribution in [3.8, 4) is 0 Å². The quantitative estimate of drug-likeness (QED) is 0.836. The van der Waals surface area contributed by atoms with Crippen LogP contribution in [0.5, 0.6) is 0 Å². The van der Waals surface area contributed by atoms with Crippen LogP contribution in [0.2, 0.25) is 5.02 Å². The van der Waals surface area contributed by atoms with E-state index >= 15 is 0 Å². The first-order valence-electron chi connectivity index (χ1n) is 5.66. The SMILES string of the molecule is COC(C)(C)CNS(=O)(=O)c1cc(CO)ccc1Cl. The number of hydrogen-bond donors (Lipinski definition) is 2. The molecule has 7 heteroatoms. The first-order chi connectivity index (χ1) is 8.72. The molecule has 0 fully saturated rings. The number of aliphatic hydroxyl groups excluding tert-OH is 1. The summed E-state index contributed by atoms with van der Waals surface area (Å²) in [6.45, 7) is 3.40. The van der Waals surface area contributed by atoms with Crippen molar-refractivity contribution in [3.63, 3.8) is 0 Å². The third-order valence-corrected chi connectivity index (χ3v) is 4.59. The highest BCUT2D eigenvalue weighted by Crippen LogP contribution is 2.23. The highest BCUT2D eigenvalue weighted by Gasteiger charge is 2.23. The van der Waals surface area contributed by atoms with Crippen molar-refractivity contribution in [1.82, 2.24) is 4.72 Å². The molecule has 19 heavy (non-hydrogen) atoms. The molecule has 2 N–H and O–H groups in total. The number of sulfonamides is 1. The van der Waals surface area contributed by atoms with Crippen molar-refractivity contribution < 1.29 is 18.3 Å². The topological polar surface area (TPSA) is 75.6 Å². The van der Waals surface area contributed by atoms with E-state index in [9.17, 15) is 8.42 Å². The van der Waals surface area contributed by atoms with Crippen LogP contribution >= 0.6 is 11.6 Å². The number of methoxy groups -OCH3 is 1. The molecule has 0 saturated carbocycles. The van der Waals surface area contributed by atoms with Gasteiger partial charge in [0.05, 0.1) is 17.2 Å². The molecule has 0 amide bonds. The summed E-state index contributed by atoms with van der Waals surface area (Å²) in [7, 11) is -2.23. The van der Waals surface area contributed by atoms with E-state index in [1.807, 2.05) is 0 Å². The predicted molar refractivity (Wildman–Crippen MR) is 73.7 cm³/mol. The maximum atomic E-state index is 12.2. The summed E-state index contributed by atoms with van der Waals surface area (Å²) in [5, 5.41) is 9.15. The van der Waals surface area contributed by atoms with Gasteiger partial charge >= 0.3 is 0 Å². The van der Waals surface area contributed by atoms with Crippen LogP contribution in [0.3, 0.4) is 0 Å². The molecule has 0 unspecified atom stereocenters. The van der Waals surface area contributed by atoms with Gasteiger partial charge in [-0.2, -0.15) is 0 Å². The van der Waals surface area contributed by atoms with Gasteiger partial charge in [0.25, 0.3) is 0 Å². The molecular weight excluding hydrogens is 290 g/mol. The van der Waals surface area contributed by atoms with Gasteiger partial charge in [-0.3, -0.25) is 0 Å². The van der Waals surface area contributed by atoms with Gasteiger partial charge in [-0.15, -0.1) is 0 Å². The molecule has 0 spiro atoms. The molecule has 0 aliphatic rings. The van der Waals surface area contributed by atoms with Crippen molar-refractivity contribution in [2.75, 3.05) is 13.7 Å². The smallest absolute Gasteiger partial charge is 0.242 e. The monoisotopic (exact) mass is 307 g/mol. The summed E-state index contributed by atoms with van der Waals surface area (Å²) in [4.78, 5) is -0.0485. The van der Waals surface area contributed by atoms with E-state index in [2.05, 4.69) is 4.72 Å². The molecule has 5 nitrogen and oxygen atoms in total. The van der Waals surface area contributed by atoms with Crippen molar-refractivity contribution >= 4 is 21.6 Å². The summed E-state index contributed by atoms with van der Waals surface area (Å²) < 4.78 is 31.9. The molecule has 1 aromatic rings. The first-order valence-corrected chi connectivity index (χ1v) is 7.52. The van der Waals surface area contributed by atoms with E-state index < -0.39 is 15.6 Å². The average Bonchev–Trinajstić information content (AvgIpc) is 2.37. The van der Waals surface area contributed by atoms with E-state index in [4.69, 9.17) is 21.4 Å². The minimum Gasteiger partial charge on any atom is -0.392 e. The fourth-order valence-corrected chi connectivity index (χ4v) is 3.02. The second kappa shape index (κ2) is 6.19. The number of aliphatic hydroxyl groups is 1. The maximum Gasteiger partial charge on any atom is 0.242 e. The Morgan fingerprint density at radius 1 is 1.42 bits per heavy atom. The highest BCUT2D eigenvalue weighted by atomic mass is 35.5. The molecule has 0 aromatic heterocycles. The fourth-order valence-electron chi connectivity index (χ4n) is 1.27. The zero-order valence-corrected chi connectivity index (χ0v) is 12.7. The van der Waals surface area contributed by atoms with Crippen LogP contribution in [0, 0.1) is 0 Å². The van der Waals surface area contributed by atoms with Gasteiger partial charge in [0, 0.05) is 13.7 Å². The van der Waals surface area contributed by atoms with Crippen molar-refractivity contribution in [1.29, 1.82) is 0 Å². The summed E-state index contributed by atoms with van der Waals surface area (Å²) in [6.07, 6.45) is 0. The van der Waals surface area contributed by atoms with Crippen LogP contribution < -0.4 is 4.72 Å². The lowest BCUT2D eigenvalue weighted by atomic mass is 10.1. The molecule has 0 heterocycles. The Kier molecular flexibility index (Phi) is 5.34. The standard InChI is InChI=1S/C12H18ClNO4S/c1-12(2,18-3)8-14-19(16,17)11-6-9(7-15)4-5-10(11)13/h4-6,14-15H,7-8H2,1-3H3. The van der Waals surface area contributed by atoms with Crippen LogP contribution in [0.1, 0.15) is 19.4 Å². The van der Waals surface area contributed by atoms with Gasteiger partial charge in [-0.25, -0.2) is 13.1 Å². The third-order valence-electron chi connectivity index (χ3n) is 2.71.